The van der Waals surface area contributed by atoms with Gasteiger partial charge in [0, 0.05) is 12.8 Å². The van der Waals surface area contributed by atoms with E-state index in [1.165, 1.54) is 24.8 Å². The third kappa shape index (κ3) is 2.29. The van der Waals surface area contributed by atoms with Crippen LogP contribution in [-0.4, -0.2) is 10.9 Å². The maximum absolute atomic E-state index is 11.5. The summed E-state index contributed by atoms with van der Waals surface area (Å²) in [5.41, 5.74) is 1.35. The first-order valence-corrected chi connectivity index (χ1v) is 7.03. The van der Waals surface area contributed by atoms with E-state index in [-0.39, 0.29) is 0 Å². The largest absolute Gasteiger partial charge is 0.508 e. The summed E-state index contributed by atoms with van der Waals surface area (Å²) in [7, 11) is 0. The molecule has 3 atom stereocenters. The van der Waals surface area contributed by atoms with E-state index in [2.05, 4.69) is 0 Å². The van der Waals surface area contributed by atoms with Gasteiger partial charge in [0.2, 0.25) is 0 Å². The van der Waals surface area contributed by atoms with Crippen molar-refractivity contribution in [3.63, 3.8) is 0 Å². The van der Waals surface area contributed by atoms with Crippen molar-refractivity contribution < 1.29 is 9.90 Å². The number of aromatic hydroxyl groups is 1. The molecule has 0 spiro atoms. The minimum absolute atomic E-state index is 0.343. The molecule has 0 heterocycles. The van der Waals surface area contributed by atoms with Gasteiger partial charge in [-0.15, -0.1) is 0 Å². The second-order valence-corrected chi connectivity index (χ2v) is 5.90. The maximum atomic E-state index is 11.5. The molecule has 0 aromatic heterocycles. The normalized spacial score (nSPS) is 32.0. The summed E-state index contributed by atoms with van der Waals surface area (Å²) >= 11 is 0. The average molecular weight is 244 g/mol. The van der Waals surface area contributed by atoms with Gasteiger partial charge in [0.15, 0.2) is 0 Å². The minimum Gasteiger partial charge on any atom is -0.508 e. The van der Waals surface area contributed by atoms with Crippen molar-refractivity contribution in [2.75, 3.05) is 0 Å². The molecule has 18 heavy (non-hydrogen) atoms. The van der Waals surface area contributed by atoms with Gasteiger partial charge in [0.25, 0.3) is 0 Å². The van der Waals surface area contributed by atoms with Crippen LogP contribution in [0.5, 0.6) is 5.75 Å². The highest BCUT2D eigenvalue weighted by molar-refractivity contribution is 5.79. The molecule has 96 valence electrons. The fourth-order valence-corrected chi connectivity index (χ4v) is 3.74. The van der Waals surface area contributed by atoms with Crippen LogP contribution in [0.25, 0.3) is 0 Å². The highest BCUT2D eigenvalue weighted by atomic mass is 16.3. The molecule has 0 saturated heterocycles. The van der Waals surface area contributed by atoms with Crippen molar-refractivity contribution in [3.8, 4) is 5.75 Å². The van der Waals surface area contributed by atoms with Gasteiger partial charge in [-0.05, 0) is 61.1 Å². The lowest BCUT2D eigenvalue weighted by atomic mass is 9.66. The zero-order valence-electron chi connectivity index (χ0n) is 10.6. The Bertz CT molecular complexity index is 435. The number of hydrogen-bond donors (Lipinski definition) is 1. The average Bonchev–Trinajstić information content (AvgIpc) is 2.39. The van der Waals surface area contributed by atoms with E-state index >= 15 is 0 Å². The van der Waals surface area contributed by atoms with Crippen molar-refractivity contribution in [1.82, 2.24) is 0 Å². The lowest BCUT2D eigenvalue weighted by Crippen LogP contribution is -2.30. The number of fused-ring (bicyclic) bond motifs is 1. The predicted molar refractivity (Wildman–Crippen MR) is 70.5 cm³/mol. The second kappa shape index (κ2) is 4.75. The molecule has 0 bridgehead atoms. The van der Waals surface area contributed by atoms with Crippen molar-refractivity contribution in [3.05, 3.63) is 29.8 Å². The van der Waals surface area contributed by atoms with Crippen molar-refractivity contribution in [2.45, 2.75) is 44.4 Å². The van der Waals surface area contributed by atoms with Crippen molar-refractivity contribution in [2.24, 2.45) is 11.8 Å². The van der Waals surface area contributed by atoms with Crippen LogP contribution in [0.4, 0.5) is 0 Å². The molecule has 0 aliphatic heterocycles. The van der Waals surface area contributed by atoms with E-state index in [0.717, 1.165) is 25.2 Å². The lowest BCUT2D eigenvalue weighted by molar-refractivity contribution is -0.123. The fourth-order valence-electron chi connectivity index (χ4n) is 3.74. The maximum Gasteiger partial charge on any atom is 0.133 e. The summed E-state index contributed by atoms with van der Waals surface area (Å²) in [5, 5.41) is 9.33. The first-order chi connectivity index (χ1) is 8.72. The topological polar surface area (TPSA) is 37.3 Å². The van der Waals surface area contributed by atoms with Crippen LogP contribution < -0.4 is 0 Å². The Balaban J connectivity index is 1.70. The van der Waals surface area contributed by atoms with Crippen molar-refractivity contribution in [1.29, 1.82) is 0 Å². The van der Waals surface area contributed by atoms with Crippen molar-refractivity contribution >= 4 is 5.78 Å². The van der Waals surface area contributed by atoms with Gasteiger partial charge in [-0.1, -0.05) is 12.1 Å². The predicted octanol–water partition coefficient (Wildman–Crippen LogP) is 3.65. The smallest absolute Gasteiger partial charge is 0.133 e. The number of phenols is 1. The Kier molecular flexibility index (Phi) is 3.11. The molecule has 2 saturated carbocycles. The quantitative estimate of drug-likeness (QED) is 0.818. The third-order valence-corrected chi connectivity index (χ3v) is 4.79. The summed E-state index contributed by atoms with van der Waals surface area (Å²) < 4.78 is 0. The summed E-state index contributed by atoms with van der Waals surface area (Å²) in [6.45, 7) is 0. The number of benzene rings is 1. The van der Waals surface area contributed by atoms with Gasteiger partial charge in [-0.3, -0.25) is 4.79 Å². The van der Waals surface area contributed by atoms with E-state index < -0.39 is 0 Å². The SMILES string of the molecule is O=C1CCC2CC(c3ccc(O)cc3)CCC2C1. The van der Waals surface area contributed by atoms with E-state index in [1.807, 2.05) is 12.1 Å². The Hall–Kier alpha value is -1.31. The number of phenolic OH excluding ortho intramolecular Hbond substituents is 1. The molecule has 2 aliphatic carbocycles. The molecule has 0 radical (unpaired) electrons. The van der Waals surface area contributed by atoms with Gasteiger partial charge >= 0.3 is 0 Å². The molecular weight excluding hydrogens is 224 g/mol. The van der Waals surface area contributed by atoms with Crippen LogP contribution in [0.3, 0.4) is 0 Å². The number of rotatable bonds is 1. The lowest BCUT2D eigenvalue weighted by Gasteiger charge is -2.39. The molecular formula is C16H20O2. The minimum atomic E-state index is 0.343. The van der Waals surface area contributed by atoms with E-state index in [4.69, 9.17) is 0 Å². The second-order valence-electron chi connectivity index (χ2n) is 5.90. The standard InChI is InChI=1S/C16H20O2/c17-15-6-3-11(4-7-15)12-1-2-14-10-16(18)8-5-13(14)9-12/h3-4,6-7,12-14,17H,1-2,5,8-10H2. The molecule has 2 fully saturated rings. The molecule has 3 rings (SSSR count). The van der Waals surface area contributed by atoms with Gasteiger partial charge in [-0.25, -0.2) is 0 Å². The zero-order chi connectivity index (χ0) is 12.5. The zero-order valence-corrected chi connectivity index (χ0v) is 10.6. The van der Waals surface area contributed by atoms with E-state index in [0.29, 0.717) is 23.4 Å². The van der Waals surface area contributed by atoms with Gasteiger partial charge in [0.05, 0.1) is 0 Å². The monoisotopic (exact) mass is 244 g/mol. The van der Waals surface area contributed by atoms with Crippen LogP contribution in [0.1, 0.15) is 50.0 Å². The van der Waals surface area contributed by atoms with Gasteiger partial charge in [0.1, 0.15) is 11.5 Å². The number of Topliss-reactive ketones (excluding diaryl/α,β-unsaturated/α-hetero) is 1. The fraction of sp³-hybridized carbons (Fsp3) is 0.562. The molecule has 1 aromatic rings. The van der Waals surface area contributed by atoms with E-state index in [1.54, 1.807) is 12.1 Å². The highest BCUT2D eigenvalue weighted by Crippen LogP contribution is 2.45. The first-order valence-electron chi connectivity index (χ1n) is 7.03. The van der Waals surface area contributed by atoms with Crippen LogP contribution in [-0.2, 0) is 4.79 Å². The number of carbonyl (C=O) groups excluding carboxylic acids is 1. The molecule has 0 amide bonds. The first kappa shape index (κ1) is 11.8. The van der Waals surface area contributed by atoms with E-state index in [9.17, 15) is 9.90 Å². The van der Waals surface area contributed by atoms with Crippen LogP contribution in [0.2, 0.25) is 0 Å². The van der Waals surface area contributed by atoms with Crippen LogP contribution in [0.15, 0.2) is 24.3 Å². The van der Waals surface area contributed by atoms with Crippen LogP contribution >= 0.6 is 0 Å². The summed E-state index contributed by atoms with van der Waals surface area (Å²) in [6, 6.07) is 7.67. The molecule has 3 unspecified atom stereocenters. The van der Waals surface area contributed by atoms with Gasteiger partial charge < -0.3 is 5.11 Å². The highest BCUT2D eigenvalue weighted by Gasteiger charge is 2.35. The Morgan fingerprint density at radius 3 is 2.56 bits per heavy atom. The third-order valence-electron chi connectivity index (χ3n) is 4.79. The number of carbonyl (C=O) groups is 1. The van der Waals surface area contributed by atoms with Gasteiger partial charge in [-0.2, -0.15) is 0 Å². The number of hydrogen-bond acceptors (Lipinski definition) is 2. The molecule has 2 nitrogen and oxygen atoms in total. The van der Waals surface area contributed by atoms with Crippen LogP contribution in [0, 0.1) is 11.8 Å². The summed E-state index contributed by atoms with van der Waals surface area (Å²) in [4.78, 5) is 11.5. The Morgan fingerprint density at radius 2 is 1.78 bits per heavy atom. The summed E-state index contributed by atoms with van der Waals surface area (Å²) in [6.07, 6.45) is 6.33. The molecule has 2 heteroatoms. The Labute approximate surface area is 108 Å². The number of ketones is 1. The molecule has 2 aliphatic rings. The molecule has 1 N–H and O–H groups in total. The summed E-state index contributed by atoms with van der Waals surface area (Å²) in [5.74, 6) is 2.84. The molecule has 1 aromatic carbocycles. The Morgan fingerprint density at radius 1 is 1.00 bits per heavy atom.